The van der Waals surface area contributed by atoms with Gasteiger partial charge in [0.15, 0.2) is 5.82 Å². The zero-order valence-electron chi connectivity index (χ0n) is 22.7. The third-order valence-electron chi connectivity index (χ3n) is 7.46. The van der Waals surface area contributed by atoms with E-state index in [2.05, 4.69) is 37.6 Å². The number of nitrogens with zero attached hydrogens (tertiary/aromatic N) is 4. The van der Waals surface area contributed by atoms with E-state index in [0.717, 1.165) is 25.4 Å². The van der Waals surface area contributed by atoms with Crippen molar-refractivity contribution in [3.63, 3.8) is 0 Å². The maximum Gasteiger partial charge on any atom is 0.332 e. The molecule has 0 atom stereocenters. The molecule has 1 saturated heterocycles. The van der Waals surface area contributed by atoms with E-state index in [9.17, 15) is 9.59 Å². The lowest BCUT2D eigenvalue weighted by Crippen LogP contribution is -2.35. The van der Waals surface area contributed by atoms with Crippen LogP contribution in [0, 0.1) is 0 Å². The highest BCUT2D eigenvalue weighted by Crippen LogP contribution is 2.45. The number of hydrogen-bond acceptors (Lipinski definition) is 7. The second-order valence-corrected chi connectivity index (χ2v) is 11.3. The molecule has 210 valence electrons. The molecule has 3 amide bonds. The van der Waals surface area contributed by atoms with Gasteiger partial charge in [0, 0.05) is 12.2 Å². The maximum absolute atomic E-state index is 13.4. The van der Waals surface area contributed by atoms with Crippen LogP contribution in [0.4, 0.5) is 27.7 Å². The molecular formula is C32H28N6O3S. The van der Waals surface area contributed by atoms with Crippen molar-refractivity contribution < 1.29 is 14.3 Å². The molecular weight excluding hydrogens is 548 g/mol. The van der Waals surface area contributed by atoms with Gasteiger partial charge in [-0.2, -0.15) is 0 Å². The summed E-state index contributed by atoms with van der Waals surface area (Å²) in [6.45, 7) is 3.19. The fourth-order valence-electron chi connectivity index (χ4n) is 5.41. The Bertz CT molecular complexity index is 1750. The second-order valence-electron chi connectivity index (χ2n) is 10.3. The van der Waals surface area contributed by atoms with E-state index in [4.69, 9.17) is 4.74 Å². The van der Waals surface area contributed by atoms with E-state index >= 15 is 0 Å². The molecule has 7 rings (SSSR count). The van der Waals surface area contributed by atoms with E-state index in [1.54, 1.807) is 24.3 Å². The fourth-order valence-corrected chi connectivity index (χ4v) is 6.40. The summed E-state index contributed by atoms with van der Waals surface area (Å²) in [5, 5.41) is 6.53. The Morgan fingerprint density at radius 1 is 0.905 bits per heavy atom. The first kappa shape index (κ1) is 26.1. The van der Waals surface area contributed by atoms with Crippen molar-refractivity contribution in [1.82, 2.24) is 14.9 Å². The van der Waals surface area contributed by atoms with E-state index in [1.165, 1.54) is 47.4 Å². The van der Waals surface area contributed by atoms with Gasteiger partial charge >= 0.3 is 6.03 Å². The topological polar surface area (TPSA) is 99.7 Å². The van der Waals surface area contributed by atoms with Crippen molar-refractivity contribution >= 4 is 56.4 Å². The number of ether oxygens (including phenoxy) is 1. The minimum Gasteiger partial charge on any atom is -0.457 e. The molecule has 2 aliphatic rings. The second kappa shape index (κ2) is 11.2. The van der Waals surface area contributed by atoms with Gasteiger partial charge in [0.25, 0.3) is 5.91 Å². The summed E-state index contributed by atoms with van der Waals surface area (Å²) in [4.78, 5) is 40.6. The van der Waals surface area contributed by atoms with Gasteiger partial charge < -0.3 is 15.4 Å². The number of benzene rings is 3. The van der Waals surface area contributed by atoms with Crippen molar-refractivity contribution in [1.29, 1.82) is 0 Å². The Morgan fingerprint density at radius 2 is 1.64 bits per heavy atom. The van der Waals surface area contributed by atoms with Gasteiger partial charge in [-0.25, -0.2) is 19.7 Å². The predicted molar refractivity (Wildman–Crippen MR) is 165 cm³/mol. The van der Waals surface area contributed by atoms with Crippen LogP contribution in [-0.2, 0) is 6.54 Å². The molecule has 2 aliphatic heterocycles. The van der Waals surface area contributed by atoms with Crippen LogP contribution < -0.4 is 20.3 Å². The summed E-state index contributed by atoms with van der Waals surface area (Å²) in [5.74, 6) is 1.48. The molecule has 2 aromatic heterocycles. The highest BCUT2D eigenvalue weighted by Gasteiger charge is 2.33. The number of thiophene rings is 1. The monoisotopic (exact) mass is 576 g/mol. The van der Waals surface area contributed by atoms with Crippen molar-refractivity contribution in [3.8, 4) is 11.5 Å². The van der Waals surface area contributed by atoms with Crippen molar-refractivity contribution in [2.45, 2.75) is 25.8 Å². The Morgan fingerprint density at radius 3 is 2.40 bits per heavy atom. The molecule has 5 aromatic rings. The van der Waals surface area contributed by atoms with Gasteiger partial charge in [0.2, 0.25) is 0 Å². The van der Waals surface area contributed by atoms with Crippen LogP contribution in [0.5, 0.6) is 11.5 Å². The van der Waals surface area contributed by atoms with Crippen molar-refractivity contribution in [2.24, 2.45) is 0 Å². The van der Waals surface area contributed by atoms with E-state index in [-0.39, 0.29) is 5.91 Å². The van der Waals surface area contributed by atoms with Crippen LogP contribution >= 0.6 is 11.3 Å². The Labute approximate surface area is 246 Å². The first-order chi connectivity index (χ1) is 20.6. The minimum absolute atomic E-state index is 0.307. The molecule has 0 saturated carbocycles. The third-order valence-corrected chi connectivity index (χ3v) is 8.56. The number of nitrogens with one attached hydrogen (secondary N) is 2. The van der Waals surface area contributed by atoms with Crippen LogP contribution in [0.1, 0.15) is 34.5 Å². The number of anilines is 4. The van der Waals surface area contributed by atoms with Crippen LogP contribution in [0.2, 0.25) is 0 Å². The summed E-state index contributed by atoms with van der Waals surface area (Å²) in [5.41, 5.74) is 2.95. The molecule has 0 spiro atoms. The van der Waals surface area contributed by atoms with Gasteiger partial charge in [0.1, 0.15) is 27.5 Å². The number of aromatic nitrogens is 2. The number of likely N-dealkylation sites (tertiary alicyclic amines) is 1. The van der Waals surface area contributed by atoms with E-state index < -0.39 is 6.03 Å². The third kappa shape index (κ3) is 5.17. The quantitative estimate of drug-likeness (QED) is 0.209. The Hall–Kier alpha value is -4.80. The lowest BCUT2D eigenvalue weighted by Gasteiger charge is -2.27. The molecule has 0 unspecified atom stereocenters. The number of urea groups is 1. The number of carbonyl (C=O) groups is 2. The molecule has 10 heteroatoms. The van der Waals surface area contributed by atoms with Gasteiger partial charge in [-0.15, -0.1) is 11.3 Å². The molecule has 0 bridgehead atoms. The van der Waals surface area contributed by atoms with Crippen LogP contribution in [0.25, 0.3) is 10.2 Å². The predicted octanol–water partition coefficient (Wildman–Crippen LogP) is 7.41. The molecule has 1 fully saturated rings. The van der Waals surface area contributed by atoms with Crippen molar-refractivity contribution in [3.05, 3.63) is 95.6 Å². The summed E-state index contributed by atoms with van der Waals surface area (Å²) in [6.07, 6.45) is 5.23. The van der Waals surface area contributed by atoms with Gasteiger partial charge in [-0.05, 0) is 80.0 Å². The average molecular weight is 577 g/mol. The highest BCUT2D eigenvalue weighted by molar-refractivity contribution is 7.21. The van der Waals surface area contributed by atoms with Crippen LogP contribution in [-0.4, -0.2) is 39.9 Å². The molecule has 4 heterocycles. The van der Waals surface area contributed by atoms with Gasteiger partial charge in [-0.1, -0.05) is 36.8 Å². The van der Waals surface area contributed by atoms with E-state index in [1.807, 2.05) is 42.5 Å². The van der Waals surface area contributed by atoms with Crippen molar-refractivity contribution in [2.75, 3.05) is 28.6 Å². The number of hydrogen-bond donors (Lipinski definition) is 2. The SMILES string of the molecule is O=C(Nc1ccc(CN2CCCCC2)cc1)c1sc2ncnc3c2c1NC(=O)N3c1ccc(Oc2ccccc2)cc1. The molecule has 3 aromatic carbocycles. The normalized spacial score (nSPS) is 15.0. The minimum atomic E-state index is -0.409. The summed E-state index contributed by atoms with van der Waals surface area (Å²) in [6, 6.07) is 24.2. The van der Waals surface area contributed by atoms with Crippen LogP contribution in [0.3, 0.4) is 0 Å². The first-order valence-electron chi connectivity index (χ1n) is 14.0. The molecule has 0 radical (unpaired) electrons. The van der Waals surface area contributed by atoms with E-state index in [0.29, 0.717) is 43.7 Å². The Balaban J connectivity index is 1.11. The lowest BCUT2D eigenvalue weighted by atomic mass is 10.1. The highest BCUT2D eigenvalue weighted by atomic mass is 32.1. The number of carbonyl (C=O) groups excluding carboxylic acids is 2. The lowest BCUT2D eigenvalue weighted by molar-refractivity contribution is 0.103. The summed E-state index contributed by atoms with van der Waals surface area (Å²) in [7, 11) is 0. The molecule has 2 N–H and O–H groups in total. The number of piperidine rings is 1. The van der Waals surface area contributed by atoms with Gasteiger partial charge in [0.05, 0.1) is 16.8 Å². The summed E-state index contributed by atoms with van der Waals surface area (Å²) < 4.78 is 5.89. The largest absolute Gasteiger partial charge is 0.457 e. The fraction of sp³-hybridized carbons (Fsp3) is 0.188. The molecule has 42 heavy (non-hydrogen) atoms. The number of para-hydroxylation sites is 1. The maximum atomic E-state index is 13.4. The van der Waals surface area contributed by atoms with Crippen LogP contribution in [0.15, 0.2) is 85.2 Å². The average Bonchev–Trinajstić information content (AvgIpc) is 3.39. The molecule has 0 aliphatic carbocycles. The number of rotatable bonds is 7. The standard InChI is InChI=1S/C32H28N6O3S/c39-30(35-22-11-9-21(10-12-22)19-37-17-5-2-6-18-37)28-27-26-29(33-20-34-31(26)42-28)38(32(40)36-27)23-13-15-25(16-14-23)41-24-7-3-1-4-8-24/h1,3-4,7-16,20H,2,5-6,17-19H2,(H,35,39)(H,36,40). The smallest absolute Gasteiger partial charge is 0.332 e. The summed E-state index contributed by atoms with van der Waals surface area (Å²) >= 11 is 1.23. The molecule has 9 nitrogen and oxygen atoms in total. The number of amides is 3. The zero-order chi connectivity index (χ0) is 28.5. The zero-order valence-corrected chi connectivity index (χ0v) is 23.6. The van der Waals surface area contributed by atoms with Gasteiger partial charge in [-0.3, -0.25) is 9.69 Å². The first-order valence-corrected chi connectivity index (χ1v) is 14.8. The Kier molecular flexibility index (Phi) is 6.98.